The van der Waals surface area contributed by atoms with Gasteiger partial charge in [0.1, 0.15) is 0 Å². The van der Waals surface area contributed by atoms with E-state index in [0.29, 0.717) is 0 Å². The van der Waals surface area contributed by atoms with E-state index in [1.165, 1.54) is 0 Å². The third kappa shape index (κ3) is 9.66. The summed E-state index contributed by atoms with van der Waals surface area (Å²) in [7, 11) is 5.87. The van der Waals surface area contributed by atoms with E-state index in [0.717, 1.165) is 18.2 Å². The molecule has 0 aliphatic carbocycles. The van der Waals surface area contributed by atoms with Crippen LogP contribution in [-0.2, 0) is 4.79 Å². The van der Waals surface area contributed by atoms with Crippen LogP contribution in [0.4, 0.5) is 0 Å². The van der Waals surface area contributed by atoms with Crippen molar-refractivity contribution in [3.63, 3.8) is 0 Å². The fourth-order valence-electron chi connectivity index (χ4n) is 0.744. The predicted molar refractivity (Wildman–Crippen MR) is 56.1 cm³/mol. The van der Waals surface area contributed by atoms with E-state index in [4.69, 9.17) is 5.11 Å². The number of hydrogen-bond donors (Lipinski definition) is 1. The minimum absolute atomic E-state index is 0.120. The first-order valence-corrected chi connectivity index (χ1v) is 5.30. The van der Waals surface area contributed by atoms with Crippen molar-refractivity contribution < 1.29 is 9.90 Å². The quantitative estimate of drug-likeness (QED) is 0.478. The Morgan fingerprint density at radius 1 is 1.38 bits per heavy atom. The predicted octanol–water partition coefficient (Wildman–Crippen LogP) is 0.255. The largest absolute Gasteiger partial charge is 0.480 e. The van der Waals surface area contributed by atoms with Crippen molar-refractivity contribution in [3.8, 4) is 0 Å². The number of thioether (sulfide) groups is 1. The molecule has 5 heteroatoms. The van der Waals surface area contributed by atoms with Gasteiger partial charge in [0.15, 0.2) is 0 Å². The molecule has 0 radical (unpaired) electrons. The number of carboxylic acids is 1. The van der Waals surface area contributed by atoms with Gasteiger partial charge in [0, 0.05) is 18.2 Å². The molecule has 0 aliphatic heterocycles. The van der Waals surface area contributed by atoms with Crippen molar-refractivity contribution in [3.05, 3.63) is 0 Å². The molecule has 0 aromatic heterocycles. The third-order valence-electron chi connectivity index (χ3n) is 1.40. The average molecular weight is 206 g/mol. The molecule has 1 N–H and O–H groups in total. The van der Waals surface area contributed by atoms with Crippen LogP contribution in [0.3, 0.4) is 0 Å². The molecular weight excluding hydrogens is 188 g/mol. The summed E-state index contributed by atoms with van der Waals surface area (Å²) in [5, 5.41) is 8.47. The van der Waals surface area contributed by atoms with Gasteiger partial charge in [0.05, 0.1) is 6.54 Å². The Balaban J connectivity index is 3.26. The molecule has 0 aromatic rings. The molecule has 0 fully saturated rings. The van der Waals surface area contributed by atoms with Gasteiger partial charge >= 0.3 is 5.97 Å². The SMILES string of the molecule is CN(C)CCSCN(C)CC(=O)O. The lowest BCUT2D eigenvalue weighted by atomic mass is 10.6. The molecule has 0 saturated carbocycles. The molecule has 0 spiro atoms. The lowest BCUT2D eigenvalue weighted by Crippen LogP contribution is -2.26. The van der Waals surface area contributed by atoms with Crippen LogP contribution in [0, 0.1) is 0 Å². The van der Waals surface area contributed by atoms with Crippen molar-refractivity contribution in [2.75, 3.05) is 45.9 Å². The highest BCUT2D eigenvalue weighted by Gasteiger charge is 2.03. The van der Waals surface area contributed by atoms with E-state index in [2.05, 4.69) is 4.90 Å². The van der Waals surface area contributed by atoms with Gasteiger partial charge in [-0.3, -0.25) is 9.69 Å². The molecular formula is C8H18N2O2S. The van der Waals surface area contributed by atoms with Crippen molar-refractivity contribution in [1.82, 2.24) is 9.80 Å². The first-order valence-electron chi connectivity index (χ1n) is 4.15. The summed E-state index contributed by atoms with van der Waals surface area (Å²) in [5.74, 6) is 1.05. The van der Waals surface area contributed by atoms with E-state index in [9.17, 15) is 4.79 Å². The number of carboxylic acid groups (broad SMARTS) is 1. The van der Waals surface area contributed by atoms with E-state index in [1.54, 1.807) is 16.7 Å². The highest BCUT2D eigenvalue weighted by atomic mass is 32.2. The minimum atomic E-state index is -0.768. The molecule has 0 bridgehead atoms. The Morgan fingerprint density at radius 3 is 2.46 bits per heavy atom. The summed E-state index contributed by atoms with van der Waals surface area (Å²) < 4.78 is 0. The maximum Gasteiger partial charge on any atom is 0.317 e. The zero-order chi connectivity index (χ0) is 10.3. The highest BCUT2D eigenvalue weighted by molar-refractivity contribution is 7.99. The van der Waals surface area contributed by atoms with Gasteiger partial charge in [-0.05, 0) is 21.1 Å². The maximum absolute atomic E-state index is 10.3. The van der Waals surface area contributed by atoms with Crippen LogP contribution in [0.5, 0.6) is 0 Å². The lowest BCUT2D eigenvalue weighted by molar-refractivity contribution is -0.137. The minimum Gasteiger partial charge on any atom is -0.480 e. The molecule has 0 heterocycles. The van der Waals surface area contributed by atoms with Gasteiger partial charge in [-0.25, -0.2) is 0 Å². The molecule has 78 valence electrons. The number of nitrogens with zero attached hydrogens (tertiary/aromatic N) is 2. The van der Waals surface area contributed by atoms with Crippen LogP contribution < -0.4 is 0 Å². The van der Waals surface area contributed by atoms with Gasteiger partial charge in [-0.15, -0.1) is 11.8 Å². The molecule has 13 heavy (non-hydrogen) atoms. The van der Waals surface area contributed by atoms with Crippen LogP contribution in [0.15, 0.2) is 0 Å². The normalized spacial score (nSPS) is 11.2. The fraction of sp³-hybridized carbons (Fsp3) is 0.875. The monoisotopic (exact) mass is 206 g/mol. The fourth-order valence-corrected chi connectivity index (χ4v) is 1.77. The Kier molecular flexibility index (Phi) is 7.03. The molecule has 4 nitrogen and oxygen atoms in total. The topological polar surface area (TPSA) is 43.8 Å². The highest BCUT2D eigenvalue weighted by Crippen LogP contribution is 2.01. The first kappa shape index (κ1) is 12.7. The summed E-state index contributed by atoms with van der Waals surface area (Å²) in [5.41, 5.74) is 0. The van der Waals surface area contributed by atoms with Crippen molar-refractivity contribution in [1.29, 1.82) is 0 Å². The second kappa shape index (κ2) is 7.17. The second-order valence-corrected chi connectivity index (χ2v) is 4.32. The maximum atomic E-state index is 10.3. The lowest BCUT2D eigenvalue weighted by Gasteiger charge is -2.14. The van der Waals surface area contributed by atoms with E-state index < -0.39 is 5.97 Å². The zero-order valence-electron chi connectivity index (χ0n) is 8.49. The Morgan fingerprint density at radius 2 is 2.00 bits per heavy atom. The van der Waals surface area contributed by atoms with Gasteiger partial charge in [0.25, 0.3) is 0 Å². The van der Waals surface area contributed by atoms with Crippen LogP contribution in [0.25, 0.3) is 0 Å². The van der Waals surface area contributed by atoms with Gasteiger partial charge in [0.2, 0.25) is 0 Å². The summed E-state index contributed by atoms with van der Waals surface area (Å²) >= 11 is 1.75. The molecule has 0 unspecified atom stereocenters. The van der Waals surface area contributed by atoms with Crippen molar-refractivity contribution in [2.45, 2.75) is 0 Å². The van der Waals surface area contributed by atoms with Gasteiger partial charge < -0.3 is 10.0 Å². The van der Waals surface area contributed by atoms with Gasteiger partial charge in [-0.2, -0.15) is 0 Å². The average Bonchev–Trinajstić information content (AvgIpc) is 1.96. The number of likely N-dealkylation sites (N-methyl/N-ethyl adjacent to an activating group) is 1. The van der Waals surface area contributed by atoms with Crippen LogP contribution in [0.1, 0.15) is 0 Å². The number of carbonyl (C=O) groups is 1. The van der Waals surface area contributed by atoms with Crippen molar-refractivity contribution >= 4 is 17.7 Å². The van der Waals surface area contributed by atoms with Gasteiger partial charge in [-0.1, -0.05) is 0 Å². The molecule has 0 aromatic carbocycles. The van der Waals surface area contributed by atoms with E-state index in [1.807, 2.05) is 21.1 Å². The Labute approximate surface area is 83.9 Å². The molecule has 0 saturated heterocycles. The molecule has 0 aliphatic rings. The third-order valence-corrected chi connectivity index (χ3v) is 2.49. The smallest absolute Gasteiger partial charge is 0.317 e. The molecule has 0 amide bonds. The van der Waals surface area contributed by atoms with Crippen LogP contribution >= 0.6 is 11.8 Å². The number of hydrogen-bond acceptors (Lipinski definition) is 4. The summed E-state index contributed by atoms with van der Waals surface area (Å²) in [6, 6.07) is 0. The van der Waals surface area contributed by atoms with E-state index >= 15 is 0 Å². The molecule has 0 rings (SSSR count). The van der Waals surface area contributed by atoms with Crippen molar-refractivity contribution in [2.24, 2.45) is 0 Å². The summed E-state index contributed by atoms with van der Waals surface area (Å²) in [4.78, 5) is 14.2. The standard InChI is InChI=1S/C8H18N2O2S/c1-9(2)4-5-13-7-10(3)6-8(11)12/h4-7H2,1-3H3,(H,11,12). The number of aliphatic carboxylic acids is 1. The van der Waals surface area contributed by atoms with E-state index in [-0.39, 0.29) is 6.54 Å². The second-order valence-electron chi connectivity index (χ2n) is 3.25. The first-order chi connectivity index (χ1) is 6.02. The summed E-state index contributed by atoms with van der Waals surface area (Å²) in [6.07, 6.45) is 0. The Hall–Kier alpha value is -0.260. The summed E-state index contributed by atoms with van der Waals surface area (Å²) in [6.45, 7) is 1.15. The number of rotatable bonds is 7. The van der Waals surface area contributed by atoms with Crippen LogP contribution in [-0.4, -0.2) is 66.7 Å². The zero-order valence-corrected chi connectivity index (χ0v) is 9.30. The van der Waals surface area contributed by atoms with Crippen LogP contribution in [0.2, 0.25) is 0 Å². The molecule has 0 atom stereocenters. The Bertz CT molecular complexity index is 153.